The van der Waals surface area contributed by atoms with Crippen LogP contribution in [0.2, 0.25) is 0 Å². The molecule has 20 heavy (non-hydrogen) atoms. The lowest BCUT2D eigenvalue weighted by Crippen LogP contribution is -1.90. The molecule has 3 nitrogen and oxygen atoms in total. The zero-order valence-corrected chi connectivity index (χ0v) is 10.4. The molecule has 3 rings (SSSR count). The van der Waals surface area contributed by atoms with E-state index in [1.807, 2.05) is 30.3 Å². The Morgan fingerprint density at radius 2 is 1.90 bits per heavy atom. The first kappa shape index (κ1) is 12.3. The van der Waals surface area contributed by atoms with Crippen molar-refractivity contribution in [1.29, 1.82) is 0 Å². The number of carbonyl (C=O) groups is 1. The number of halogens is 1. The van der Waals surface area contributed by atoms with E-state index in [2.05, 4.69) is 4.98 Å². The smallest absolute Gasteiger partial charge is 0.150 e. The van der Waals surface area contributed by atoms with E-state index < -0.39 is 5.82 Å². The Hall–Kier alpha value is -2.75. The molecular formula is C16H10FNO2. The van der Waals surface area contributed by atoms with Crippen molar-refractivity contribution < 1.29 is 13.9 Å². The molecule has 0 saturated heterocycles. The lowest BCUT2D eigenvalue weighted by Gasteiger charge is -2.07. The first-order valence-corrected chi connectivity index (χ1v) is 6.03. The van der Waals surface area contributed by atoms with E-state index in [-0.39, 0.29) is 11.3 Å². The summed E-state index contributed by atoms with van der Waals surface area (Å²) in [6, 6.07) is 13.3. The number of nitrogens with zero attached hydrogens (tertiary/aromatic N) is 1. The molecule has 0 aliphatic carbocycles. The Balaban J connectivity index is 1.96. The zero-order chi connectivity index (χ0) is 13.9. The lowest BCUT2D eigenvalue weighted by atomic mass is 10.2. The summed E-state index contributed by atoms with van der Waals surface area (Å²) in [6.45, 7) is 0. The molecule has 0 unspecified atom stereocenters. The van der Waals surface area contributed by atoms with Gasteiger partial charge in [-0.15, -0.1) is 0 Å². The van der Waals surface area contributed by atoms with Gasteiger partial charge in [-0.25, -0.2) is 4.39 Å². The molecule has 1 heterocycles. The number of ether oxygens (including phenoxy) is 1. The Bertz CT molecular complexity index is 786. The molecule has 0 radical (unpaired) electrons. The predicted octanol–water partition coefficient (Wildman–Crippen LogP) is 3.98. The molecule has 0 saturated carbocycles. The Morgan fingerprint density at radius 1 is 1.05 bits per heavy atom. The van der Waals surface area contributed by atoms with Crippen LogP contribution in [0.1, 0.15) is 10.4 Å². The summed E-state index contributed by atoms with van der Waals surface area (Å²) in [5.41, 5.74) is 1.08. The number of pyridine rings is 1. The number of aldehydes is 1. The third-order valence-electron chi connectivity index (χ3n) is 2.83. The summed E-state index contributed by atoms with van der Waals surface area (Å²) in [4.78, 5) is 15.0. The quantitative estimate of drug-likeness (QED) is 0.674. The molecule has 0 spiro atoms. The van der Waals surface area contributed by atoms with E-state index >= 15 is 0 Å². The Kier molecular flexibility index (Phi) is 3.13. The number of hydrogen-bond acceptors (Lipinski definition) is 3. The summed E-state index contributed by atoms with van der Waals surface area (Å²) in [5, 5.41) is 0.928. The first-order chi connectivity index (χ1) is 9.74. The molecule has 0 bridgehead atoms. The predicted molar refractivity (Wildman–Crippen MR) is 73.6 cm³/mol. The van der Waals surface area contributed by atoms with Gasteiger partial charge < -0.3 is 4.74 Å². The Morgan fingerprint density at radius 3 is 2.75 bits per heavy atom. The maximum atomic E-state index is 13.3. The van der Waals surface area contributed by atoms with Gasteiger partial charge in [0, 0.05) is 17.0 Å². The van der Waals surface area contributed by atoms with Crippen molar-refractivity contribution in [2.45, 2.75) is 0 Å². The van der Waals surface area contributed by atoms with Crippen LogP contribution in [-0.2, 0) is 0 Å². The molecule has 4 heteroatoms. The molecule has 0 N–H and O–H groups in total. The number of hydrogen-bond donors (Lipinski definition) is 0. The largest absolute Gasteiger partial charge is 0.456 e. The third kappa shape index (κ3) is 2.49. The third-order valence-corrected chi connectivity index (χ3v) is 2.83. The van der Waals surface area contributed by atoms with Crippen molar-refractivity contribution in [3.05, 3.63) is 66.1 Å². The van der Waals surface area contributed by atoms with Gasteiger partial charge in [0.25, 0.3) is 0 Å². The van der Waals surface area contributed by atoms with E-state index in [4.69, 9.17) is 4.74 Å². The van der Waals surface area contributed by atoms with E-state index in [1.54, 1.807) is 6.20 Å². The summed E-state index contributed by atoms with van der Waals surface area (Å²) in [6.07, 6.45) is 2.14. The lowest BCUT2D eigenvalue weighted by molar-refractivity contribution is 0.112. The Labute approximate surface area is 114 Å². The highest BCUT2D eigenvalue weighted by molar-refractivity contribution is 5.79. The topological polar surface area (TPSA) is 39.2 Å². The molecular weight excluding hydrogens is 257 g/mol. The van der Waals surface area contributed by atoms with E-state index in [0.29, 0.717) is 12.0 Å². The van der Waals surface area contributed by atoms with Crippen LogP contribution < -0.4 is 4.74 Å². The van der Waals surface area contributed by atoms with Gasteiger partial charge in [-0.05, 0) is 24.3 Å². The van der Waals surface area contributed by atoms with Crippen LogP contribution in [0.4, 0.5) is 4.39 Å². The van der Waals surface area contributed by atoms with Crippen molar-refractivity contribution in [3.8, 4) is 11.5 Å². The fourth-order valence-corrected chi connectivity index (χ4v) is 1.95. The van der Waals surface area contributed by atoms with Crippen molar-refractivity contribution in [2.75, 3.05) is 0 Å². The van der Waals surface area contributed by atoms with Gasteiger partial charge in [0.1, 0.15) is 23.6 Å². The van der Waals surface area contributed by atoms with E-state index in [0.717, 1.165) is 17.0 Å². The number of para-hydroxylation sites is 1. The second-order valence-electron chi connectivity index (χ2n) is 4.30. The van der Waals surface area contributed by atoms with Crippen LogP contribution in [0.25, 0.3) is 10.9 Å². The zero-order valence-electron chi connectivity index (χ0n) is 10.4. The van der Waals surface area contributed by atoms with Crippen molar-refractivity contribution >= 4 is 17.2 Å². The number of benzene rings is 2. The molecule has 1 aromatic heterocycles. The second kappa shape index (κ2) is 5.09. The van der Waals surface area contributed by atoms with Crippen LogP contribution >= 0.6 is 0 Å². The highest BCUT2D eigenvalue weighted by Gasteiger charge is 2.04. The summed E-state index contributed by atoms with van der Waals surface area (Å²) < 4.78 is 18.9. The van der Waals surface area contributed by atoms with Crippen LogP contribution in [0.15, 0.2) is 54.7 Å². The van der Waals surface area contributed by atoms with Gasteiger partial charge in [0.2, 0.25) is 0 Å². The average Bonchev–Trinajstić information content (AvgIpc) is 2.46. The van der Waals surface area contributed by atoms with Crippen molar-refractivity contribution in [1.82, 2.24) is 4.98 Å². The van der Waals surface area contributed by atoms with E-state index in [9.17, 15) is 9.18 Å². The first-order valence-electron chi connectivity index (χ1n) is 6.03. The summed E-state index contributed by atoms with van der Waals surface area (Å²) in [7, 11) is 0. The monoisotopic (exact) mass is 267 g/mol. The van der Waals surface area contributed by atoms with Gasteiger partial charge in [0.05, 0.1) is 11.7 Å². The highest BCUT2D eigenvalue weighted by Crippen LogP contribution is 2.25. The molecule has 0 aliphatic rings. The van der Waals surface area contributed by atoms with Crippen LogP contribution in [-0.4, -0.2) is 11.3 Å². The SMILES string of the molecule is O=Cc1cc(F)cc(Oc2cnc3ccccc3c2)c1. The van der Waals surface area contributed by atoms with Gasteiger partial charge in [-0.2, -0.15) is 0 Å². The van der Waals surface area contributed by atoms with Crippen LogP contribution in [0.3, 0.4) is 0 Å². The number of carbonyl (C=O) groups excluding carboxylic acids is 1. The van der Waals surface area contributed by atoms with Crippen LogP contribution in [0.5, 0.6) is 11.5 Å². The second-order valence-corrected chi connectivity index (χ2v) is 4.30. The summed E-state index contributed by atoms with van der Waals surface area (Å²) in [5.74, 6) is 0.244. The molecule has 3 aromatic rings. The molecule has 98 valence electrons. The molecule has 0 atom stereocenters. The fourth-order valence-electron chi connectivity index (χ4n) is 1.95. The molecule has 0 amide bonds. The minimum Gasteiger partial charge on any atom is -0.456 e. The number of aromatic nitrogens is 1. The van der Waals surface area contributed by atoms with Gasteiger partial charge in [-0.3, -0.25) is 9.78 Å². The van der Waals surface area contributed by atoms with Crippen molar-refractivity contribution in [2.24, 2.45) is 0 Å². The van der Waals surface area contributed by atoms with Gasteiger partial charge in [-0.1, -0.05) is 18.2 Å². The molecule has 0 aliphatic heterocycles. The average molecular weight is 267 g/mol. The maximum absolute atomic E-state index is 13.3. The van der Waals surface area contributed by atoms with Crippen LogP contribution in [0, 0.1) is 5.82 Å². The normalized spacial score (nSPS) is 10.4. The minimum atomic E-state index is -0.515. The van der Waals surface area contributed by atoms with E-state index in [1.165, 1.54) is 12.1 Å². The number of rotatable bonds is 3. The number of fused-ring (bicyclic) bond motifs is 1. The minimum absolute atomic E-state index is 0.230. The summed E-state index contributed by atoms with van der Waals surface area (Å²) >= 11 is 0. The standard InChI is InChI=1S/C16H10FNO2/c17-13-5-11(10-19)6-14(8-13)20-15-7-12-3-1-2-4-16(12)18-9-15/h1-10H. The fraction of sp³-hybridized carbons (Fsp3) is 0. The van der Waals surface area contributed by atoms with Gasteiger partial charge >= 0.3 is 0 Å². The van der Waals surface area contributed by atoms with Crippen molar-refractivity contribution in [3.63, 3.8) is 0 Å². The molecule has 0 fully saturated rings. The highest BCUT2D eigenvalue weighted by atomic mass is 19.1. The van der Waals surface area contributed by atoms with Gasteiger partial charge in [0.15, 0.2) is 0 Å². The maximum Gasteiger partial charge on any atom is 0.150 e. The molecule has 2 aromatic carbocycles.